The topological polar surface area (TPSA) is 63.1 Å². The third-order valence-electron chi connectivity index (χ3n) is 4.33. The van der Waals surface area contributed by atoms with Crippen LogP contribution in [0.1, 0.15) is 27.8 Å². The van der Waals surface area contributed by atoms with E-state index in [0.717, 1.165) is 11.3 Å². The van der Waals surface area contributed by atoms with Crippen molar-refractivity contribution < 1.29 is 4.79 Å². The van der Waals surface area contributed by atoms with Crippen molar-refractivity contribution in [1.29, 1.82) is 0 Å². The number of nitrogens with zero attached hydrogens (tertiary/aromatic N) is 4. The summed E-state index contributed by atoms with van der Waals surface area (Å²) in [6.07, 6.45) is 0. The van der Waals surface area contributed by atoms with Crippen LogP contribution in [0.15, 0.2) is 54.6 Å². The van der Waals surface area contributed by atoms with Crippen LogP contribution in [0.2, 0.25) is 5.02 Å². The van der Waals surface area contributed by atoms with Crippen molar-refractivity contribution in [1.82, 2.24) is 25.2 Å². The second kappa shape index (κ2) is 8.33. The van der Waals surface area contributed by atoms with Gasteiger partial charge in [0.05, 0.1) is 17.4 Å². The average Bonchev–Trinajstić information content (AvgIpc) is 3.05. The summed E-state index contributed by atoms with van der Waals surface area (Å²) in [6, 6.07) is 17.1. The summed E-state index contributed by atoms with van der Waals surface area (Å²) in [6.45, 7) is 2.19. The zero-order valence-electron chi connectivity index (χ0n) is 15.6. The van der Waals surface area contributed by atoms with E-state index in [1.165, 1.54) is 4.80 Å². The van der Waals surface area contributed by atoms with E-state index < -0.39 is 0 Å². The molecule has 140 valence electrons. The summed E-state index contributed by atoms with van der Waals surface area (Å²) in [4.78, 5) is 16.2. The number of likely N-dealkylation sites (N-methyl/N-ethyl adjacent to an activating group) is 1. The average molecular weight is 384 g/mol. The number of hydrogen-bond donors (Lipinski definition) is 1. The maximum atomic E-state index is 12.7. The number of nitrogens with one attached hydrogen (secondary N) is 1. The molecule has 6 nitrogen and oxygen atoms in total. The second-order valence-corrected chi connectivity index (χ2v) is 6.88. The van der Waals surface area contributed by atoms with Crippen LogP contribution >= 0.6 is 11.6 Å². The van der Waals surface area contributed by atoms with Crippen LogP contribution in [-0.4, -0.2) is 46.4 Å². The molecular weight excluding hydrogens is 362 g/mol. The molecule has 1 heterocycles. The Labute approximate surface area is 163 Å². The van der Waals surface area contributed by atoms with Crippen LogP contribution < -0.4 is 5.32 Å². The van der Waals surface area contributed by atoms with Crippen molar-refractivity contribution in [3.05, 3.63) is 76.6 Å². The van der Waals surface area contributed by atoms with Crippen molar-refractivity contribution >= 4 is 17.5 Å². The lowest BCUT2D eigenvalue weighted by molar-refractivity contribution is 0.0936. The lowest BCUT2D eigenvalue weighted by Crippen LogP contribution is -2.35. The quantitative estimate of drug-likeness (QED) is 0.709. The van der Waals surface area contributed by atoms with Crippen LogP contribution in [-0.2, 0) is 0 Å². The fourth-order valence-corrected chi connectivity index (χ4v) is 3.12. The van der Waals surface area contributed by atoms with Gasteiger partial charge < -0.3 is 10.2 Å². The third kappa shape index (κ3) is 4.35. The molecule has 0 radical (unpaired) electrons. The van der Waals surface area contributed by atoms with Crippen molar-refractivity contribution in [3.63, 3.8) is 0 Å². The van der Waals surface area contributed by atoms with E-state index in [1.807, 2.05) is 73.6 Å². The van der Waals surface area contributed by atoms with Crippen molar-refractivity contribution in [2.24, 2.45) is 0 Å². The maximum Gasteiger partial charge on any atom is 0.273 e. The fourth-order valence-electron chi connectivity index (χ4n) is 2.85. The SMILES string of the molecule is Cc1nn(-c2ccccc2)nc1C(=O)NC[C@H](c1ccccc1Cl)N(C)C. The Balaban J connectivity index is 1.75. The van der Waals surface area contributed by atoms with E-state index in [-0.39, 0.29) is 11.9 Å². The zero-order valence-corrected chi connectivity index (χ0v) is 16.3. The molecular formula is C20H22ClN5O. The molecule has 1 amide bonds. The van der Waals surface area contributed by atoms with Gasteiger partial charge in [0, 0.05) is 11.6 Å². The summed E-state index contributed by atoms with van der Waals surface area (Å²) in [5.74, 6) is -0.256. The van der Waals surface area contributed by atoms with Gasteiger partial charge in [0.1, 0.15) is 0 Å². The monoisotopic (exact) mass is 383 g/mol. The summed E-state index contributed by atoms with van der Waals surface area (Å²) in [5, 5.41) is 12.3. The molecule has 1 N–H and O–H groups in total. The first-order valence-corrected chi connectivity index (χ1v) is 9.03. The number of amides is 1. The normalized spacial score (nSPS) is 12.2. The van der Waals surface area contributed by atoms with E-state index in [0.29, 0.717) is 23.0 Å². The molecule has 0 saturated carbocycles. The van der Waals surface area contributed by atoms with Crippen molar-refractivity contribution in [3.8, 4) is 5.69 Å². The molecule has 0 fully saturated rings. The molecule has 7 heteroatoms. The van der Waals surface area contributed by atoms with E-state index in [9.17, 15) is 4.79 Å². The molecule has 3 rings (SSSR count). The van der Waals surface area contributed by atoms with Gasteiger partial charge in [-0.25, -0.2) is 0 Å². The van der Waals surface area contributed by atoms with Gasteiger partial charge >= 0.3 is 0 Å². The Hall–Kier alpha value is -2.70. The van der Waals surface area contributed by atoms with Crippen LogP contribution in [0, 0.1) is 6.92 Å². The summed E-state index contributed by atoms with van der Waals surface area (Å²) >= 11 is 6.33. The Bertz CT molecular complexity index is 923. The first-order valence-electron chi connectivity index (χ1n) is 8.66. The van der Waals surface area contributed by atoms with Gasteiger partial charge in [0.2, 0.25) is 0 Å². The van der Waals surface area contributed by atoms with Crippen molar-refractivity contribution in [2.75, 3.05) is 20.6 Å². The van der Waals surface area contributed by atoms with Gasteiger partial charge in [-0.15, -0.1) is 5.10 Å². The van der Waals surface area contributed by atoms with E-state index >= 15 is 0 Å². The molecule has 2 aromatic carbocycles. The van der Waals surface area contributed by atoms with E-state index in [4.69, 9.17) is 11.6 Å². The smallest absolute Gasteiger partial charge is 0.273 e. The standard InChI is InChI=1S/C20H22ClN5O/c1-14-19(24-26(23-14)15-9-5-4-6-10-15)20(27)22-13-18(25(2)3)16-11-7-8-12-17(16)21/h4-12,18H,13H2,1-3H3,(H,22,27)/t18-/m1/s1. The number of hydrogen-bond acceptors (Lipinski definition) is 4. The van der Waals surface area contributed by atoms with E-state index in [2.05, 4.69) is 15.5 Å². The number of aromatic nitrogens is 3. The van der Waals surface area contributed by atoms with Gasteiger partial charge in [-0.1, -0.05) is 48.0 Å². The maximum absolute atomic E-state index is 12.7. The van der Waals surface area contributed by atoms with Gasteiger partial charge in [-0.05, 0) is 44.8 Å². The summed E-state index contributed by atoms with van der Waals surface area (Å²) < 4.78 is 0. The van der Waals surface area contributed by atoms with Crippen molar-refractivity contribution in [2.45, 2.75) is 13.0 Å². The highest BCUT2D eigenvalue weighted by molar-refractivity contribution is 6.31. The minimum atomic E-state index is -0.256. The Morgan fingerprint density at radius 2 is 1.78 bits per heavy atom. The lowest BCUT2D eigenvalue weighted by Gasteiger charge is -2.25. The summed E-state index contributed by atoms with van der Waals surface area (Å²) in [5.41, 5.74) is 2.67. The molecule has 1 atom stereocenters. The first kappa shape index (κ1) is 19.1. The molecule has 0 spiro atoms. The van der Waals surface area contributed by atoms with Crippen LogP contribution in [0.3, 0.4) is 0 Å². The molecule has 0 bridgehead atoms. The number of aryl methyl sites for hydroxylation is 1. The molecule has 1 aromatic heterocycles. The predicted molar refractivity (Wildman–Crippen MR) is 106 cm³/mol. The number of halogens is 1. The Morgan fingerprint density at radius 3 is 2.44 bits per heavy atom. The highest BCUT2D eigenvalue weighted by atomic mass is 35.5. The molecule has 0 aliphatic carbocycles. The molecule has 0 aliphatic heterocycles. The van der Waals surface area contributed by atoms with Crippen LogP contribution in [0.4, 0.5) is 0 Å². The molecule has 0 saturated heterocycles. The largest absolute Gasteiger partial charge is 0.349 e. The van der Waals surface area contributed by atoms with E-state index in [1.54, 1.807) is 6.92 Å². The van der Waals surface area contributed by atoms with Crippen LogP contribution in [0.25, 0.3) is 5.69 Å². The third-order valence-corrected chi connectivity index (χ3v) is 4.67. The highest BCUT2D eigenvalue weighted by Crippen LogP contribution is 2.25. The molecule has 0 unspecified atom stereocenters. The predicted octanol–water partition coefficient (Wildman–Crippen LogP) is 3.26. The fraction of sp³-hybridized carbons (Fsp3) is 0.250. The minimum Gasteiger partial charge on any atom is -0.349 e. The number of carbonyl (C=O) groups is 1. The van der Waals surface area contributed by atoms with Gasteiger partial charge in [0.15, 0.2) is 5.69 Å². The minimum absolute atomic E-state index is 0.0490. The zero-order chi connectivity index (χ0) is 19.4. The Kier molecular flexibility index (Phi) is 5.88. The molecule has 27 heavy (non-hydrogen) atoms. The highest BCUT2D eigenvalue weighted by Gasteiger charge is 2.21. The van der Waals surface area contributed by atoms with Gasteiger partial charge in [0.25, 0.3) is 5.91 Å². The first-order chi connectivity index (χ1) is 13.0. The number of benzene rings is 2. The number of rotatable bonds is 6. The van der Waals surface area contributed by atoms with Gasteiger partial charge in [-0.3, -0.25) is 4.79 Å². The summed E-state index contributed by atoms with van der Waals surface area (Å²) in [7, 11) is 3.91. The van der Waals surface area contributed by atoms with Gasteiger partial charge in [-0.2, -0.15) is 9.90 Å². The van der Waals surface area contributed by atoms with Crippen LogP contribution in [0.5, 0.6) is 0 Å². The Morgan fingerprint density at radius 1 is 1.11 bits per heavy atom. The molecule has 3 aromatic rings. The number of carbonyl (C=O) groups excluding carboxylic acids is 1. The second-order valence-electron chi connectivity index (χ2n) is 6.47. The number of para-hydroxylation sites is 1. The molecule has 0 aliphatic rings. The lowest BCUT2D eigenvalue weighted by atomic mass is 10.1.